The van der Waals surface area contributed by atoms with Crippen LogP contribution in [0.5, 0.6) is 0 Å². The van der Waals surface area contributed by atoms with Crippen LogP contribution in [-0.2, 0) is 0 Å². The summed E-state index contributed by atoms with van der Waals surface area (Å²) in [4.78, 5) is 2.81. The summed E-state index contributed by atoms with van der Waals surface area (Å²) in [6, 6.07) is 2.20. The Morgan fingerprint density at radius 3 is 2.44 bits per heavy atom. The molecule has 0 aliphatic carbocycles. The maximum absolute atomic E-state index is 13.7. The van der Waals surface area contributed by atoms with E-state index in [1.165, 1.54) is 6.07 Å². The number of hydrogen-bond donors (Lipinski definition) is 1. The highest BCUT2D eigenvalue weighted by Gasteiger charge is 2.24. The lowest BCUT2D eigenvalue weighted by Crippen LogP contribution is -2.21. The van der Waals surface area contributed by atoms with Gasteiger partial charge in [-0.15, -0.1) is 0 Å². The van der Waals surface area contributed by atoms with Crippen molar-refractivity contribution in [3.8, 4) is 0 Å². The van der Waals surface area contributed by atoms with Crippen molar-refractivity contribution >= 4 is 23.3 Å². The summed E-state index contributed by atoms with van der Waals surface area (Å²) in [5, 5.41) is 0. The molecule has 0 aliphatic heterocycles. The van der Waals surface area contributed by atoms with Crippen molar-refractivity contribution in [1.82, 2.24) is 9.55 Å². The van der Waals surface area contributed by atoms with E-state index in [0.29, 0.717) is 10.3 Å². The van der Waals surface area contributed by atoms with Crippen LogP contribution in [0.1, 0.15) is 33.7 Å². The summed E-state index contributed by atoms with van der Waals surface area (Å²) >= 11 is 5.22. The molecule has 2 rings (SSSR count). The number of hydrogen-bond acceptors (Lipinski definition) is 1. The molecule has 2 nitrogen and oxygen atoms in total. The second-order valence-corrected chi connectivity index (χ2v) is 6.01. The molecule has 98 valence electrons. The Balaban J connectivity index is 2.79. The summed E-state index contributed by atoms with van der Waals surface area (Å²) in [5.41, 5.74) is 0.674. The average Bonchev–Trinajstić information content (AvgIpc) is 2.52. The highest BCUT2D eigenvalue weighted by Crippen LogP contribution is 2.33. The number of benzene rings is 1. The van der Waals surface area contributed by atoms with Crippen molar-refractivity contribution in [3.05, 3.63) is 28.5 Å². The highest BCUT2D eigenvalue weighted by atomic mass is 32.1. The van der Waals surface area contributed by atoms with Crippen LogP contribution in [0.15, 0.2) is 12.1 Å². The summed E-state index contributed by atoms with van der Waals surface area (Å²) in [7, 11) is 0. The van der Waals surface area contributed by atoms with E-state index >= 15 is 0 Å². The van der Waals surface area contributed by atoms with Crippen LogP contribution in [-0.4, -0.2) is 9.55 Å². The topological polar surface area (TPSA) is 20.7 Å². The van der Waals surface area contributed by atoms with Crippen molar-refractivity contribution in [2.24, 2.45) is 5.41 Å². The van der Waals surface area contributed by atoms with Gasteiger partial charge in [-0.2, -0.15) is 0 Å². The van der Waals surface area contributed by atoms with Gasteiger partial charge in [0, 0.05) is 12.1 Å². The van der Waals surface area contributed by atoms with Gasteiger partial charge in [0.15, 0.2) is 10.6 Å². The fourth-order valence-corrected chi connectivity index (χ4v) is 2.28. The molecule has 0 saturated heterocycles. The van der Waals surface area contributed by atoms with Crippen LogP contribution in [0.3, 0.4) is 0 Å². The molecule has 1 unspecified atom stereocenters. The van der Waals surface area contributed by atoms with Crippen LogP contribution >= 0.6 is 12.2 Å². The smallest absolute Gasteiger partial charge is 0.178 e. The second kappa shape index (κ2) is 4.16. The molecular formula is C13H16F2N2S. The minimum atomic E-state index is -0.615. The zero-order valence-corrected chi connectivity index (χ0v) is 11.7. The Morgan fingerprint density at radius 1 is 1.28 bits per heavy atom. The lowest BCUT2D eigenvalue weighted by Gasteiger charge is -2.29. The van der Waals surface area contributed by atoms with Crippen molar-refractivity contribution in [1.29, 1.82) is 0 Å². The van der Waals surface area contributed by atoms with E-state index in [0.717, 1.165) is 6.07 Å². The molecule has 1 N–H and O–H groups in total. The Hall–Kier alpha value is -1.23. The third-order valence-corrected chi connectivity index (χ3v) is 3.68. The van der Waals surface area contributed by atoms with Crippen molar-refractivity contribution in [2.75, 3.05) is 0 Å². The molecule has 0 amide bonds. The van der Waals surface area contributed by atoms with Gasteiger partial charge in [-0.3, -0.25) is 0 Å². The molecule has 1 aromatic carbocycles. The summed E-state index contributed by atoms with van der Waals surface area (Å²) in [6.45, 7) is 8.18. The van der Waals surface area contributed by atoms with Gasteiger partial charge in [-0.05, 0) is 30.6 Å². The van der Waals surface area contributed by atoms with Gasteiger partial charge in [0.1, 0.15) is 11.3 Å². The summed E-state index contributed by atoms with van der Waals surface area (Å²) < 4.78 is 29.2. The number of rotatable bonds is 1. The van der Waals surface area contributed by atoms with Crippen LogP contribution < -0.4 is 0 Å². The largest absolute Gasteiger partial charge is 0.328 e. The van der Waals surface area contributed by atoms with Crippen molar-refractivity contribution in [2.45, 2.75) is 33.7 Å². The molecule has 0 aliphatic rings. The molecule has 0 radical (unpaired) electrons. The SMILES string of the molecule is CC(n1c(=S)[nH]c2c(F)cc(F)cc21)C(C)(C)C. The molecule has 18 heavy (non-hydrogen) atoms. The van der Waals surface area contributed by atoms with Crippen molar-refractivity contribution in [3.63, 3.8) is 0 Å². The molecule has 0 spiro atoms. The third-order valence-electron chi connectivity index (χ3n) is 3.39. The number of nitrogens with one attached hydrogen (secondary N) is 1. The first kappa shape index (κ1) is 13.2. The quantitative estimate of drug-likeness (QED) is 0.752. The number of fused-ring (bicyclic) bond motifs is 1. The molecule has 2 aromatic rings. The Morgan fingerprint density at radius 2 is 1.89 bits per heavy atom. The van der Waals surface area contributed by atoms with E-state index in [-0.39, 0.29) is 17.0 Å². The van der Waals surface area contributed by atoms with Crippen LogP contribution in [0, 0.1) is 21.8 Å². The minimum Gasteiger partial charge on any atom is -0.328 e. The minimum absolute atomic E-state index is 0.0277. The fourth-order valence-electron chi connectivity index (χ4n) is 1.92. The van der Waals surface area contributed by atoms with Crippen LogP contribution in [0.4, 0.5) is 8.78 Å². The predicted octanol–water partition coefficient (Wildman–Crippen LogP) is 4.58. The Kier molecular flexibility index (Phi) is 3.05. The highest BCUT2D eigenvalue weighted by molar-refractivity contribution is 7.71. The number of H-pyrrole nitrogens is 1. The Bertz CT molecular complexity index is 649. The molecule has 1 atom stereocenters. The van der Waals surface area contributed by atoms with E-state index < -0.39 is 11.6 Å². The summed E-state index contributed by atoms with van der Waals surface area (Å²) in [5.74, 6) is -1.21. The summed E-state index contributed by atoms with van der Waals surface area (Å²) in [6.07, 6.45) is 0. The standard InChI is InChI=1S/C13H16F2N2S/c1-7(13(2,3)4)17-10-6-8(14)5-9(15)11(10)16-12(17)18/h5-7H,1-4H3,(H,16,18). The number of aromatic amines is 1. The molecule has 0 fully saturated rings. The van der Waals surface area contributed by atoms with Gasteiger partial charge < -0.3 is 9.55 Å². The monoisotopic (exact) mass is 270 g/mol. The first-order chi connectivity index (χ1) is 8.21. The predicted molar refractivity (Wildman–Crippen MR) is 71.2 cm³/mol. The molecule has 1 heterocycles. The number of aromatic nitrogens is 2. The average molecular weight is 270 g/mol. The van der Waals surface area contributed by atoms with Gasteiger partial charge in [-0.1, -0.05) is 20.8 Å². The van der Waals surface area contributed by atoms with E-state index in [1.807, 2.05) is 6.92 Å². The van der Waals surface area contributed by atoms with Gasteiger partial charge in [0.25, 0.3) is 0 Å². The lowest BCUT2D eigenvalue weighted by molar-refractivity contribution is 0.265. The van der Waals surface area contributed by atoms with E-state index in [2.05, 4.69) is 25.8 Å². The van der Waals surface area contributed by atoms with Crippen LogP contribution in [0.25, 0.3) is 11.0 Å². The van der Waals surface area contributed by atoms with E-state index in [1.54, 1.807) is 4.57 Å². The number of imidazole rings is 1. The molecular weight excluding hydrogens is 254 g/mol. The van der Waals surface area contributed by atoms with Crippen molar-refractivity contribution < 1.29 is 8.78 Å². The first-order valence-electron chi connectivity index (χ1n) is 5.81. The molecule has 0 bridgehead atoms. The normalized spacial score (nSPS) is 14.1. The van der Waals surface area contributed by atoms with E-state index in [4.69, 9.17) is 12.2 Å². The van der Waals surface area contributed by atoms with E-state index in [9.17, 15) is 8.78 Å². The van der Waals surface area contributed by atoms with Gasteiger partial charge in [0.05, 0.1) is 5.52 Å². The Labute approximate surface area is 110 Å². The molecule has 1 aromatic heterocycles. The first-order valence-corrected chi connectivity index (χ1v) is 6.22. The zero-order valence-electron chi connectivity index (χ0n) is 10.8. The van der Waals surface area contributed by atoms with Gasteiger partial charge in [0.2, 0.25) is 0 Å². The maximum atomic E-state index is 13.7. The number of nitrogens with zero attached hydrogens (tertiary/aromatic N) is 1. The third kappa shape index (κ3) is 2.07. The second-order valence-electron chi connectivity index (χ2n) is 5.62. The van der Waals surface area contributed by atoms with Crippen LogP contribution in [0.2, 0.25) is 0 Å². The lowest BCUT2D eigenvalue weighted by atomic mass is 9.88. The fraction of sp³-hybridized carbons (Fsp3) is 0.462. The maximum Gasteiger partial charge on any atom is 0.178 e. The number of halogens is 2. The van der Waals surface area contributed by atoms with Gasteiger partial charge in [-0.25, -0.2) is 8.78 Å². The van der Waals surface area contributed by atoms with Gasteiger partial charge >= 0.3 is 0 Å². The molecule has 5 heteroatoms. The molecule has 0 saturated carbocycles. The zero-order chi connectivity index (χ0) is 13.7.